The third kappa shape index (κ3) is 2.49. The van der Waals surface area contributed by atoms with Gasteiger partial charge < -0.3 is 10.6 Å². The molecule has 1 saturated carbocycles. The van der Waals surface area contributed by atoms with Crippen molar-refractivity contribution < 1.29 is 14.4 Å². The van der Waals surface area contributed by atoms with Gasteiger partial charge in [0, 0.05) is 6.54 Å². The number of imide groups is 1. The van der Waals surface area contributed by atoms with Crippen molar-refractivity contribution in [3.63, 3.8) is 0 Å². The van der Waals surface area contributed by atoms with Crippen LogP contribution in [0.5, 0.6) is 0 Å². The maximum atomic E-state index is 12.2. The summed E-state index contributed by atoms with van der Waals surface area (Å²) < 4.78 is 0. The molecule has 1 aromatic rings. The van der Waals surface area contributed by atoms with Gasteiger partial charge in [0.1, 0.15) is 12.1 Å². The molecule has 0 atom stereocenters. The summed E-state index contributed by atoms with van der Waals surface area (Å²) in [6, 6.07) is 9.01. The summed E-state index contributed by atoms with van der Waals surface area (Å²) in [5.74, 6) is -0.604. The summed E-state index contributed by atoms with van der Waals surface area (Å²) in [5.41, 5.74) is 0.245. The first kappa shape index (κ1) is 13.6. The third-order valence-electron chi connectivity index (χ3n) is 4.09. The first-order valence-corrected chi connectivity index (χ1v) is 7.05. The van der Waals surface area contributed by atoms with Crippen molar-refractivity contribution in [1.82, 2.24) is 15.5 Å². The van der Waals surface area contributed by atoms with Crippen LogP contribution in [0.1, 0.15) is 24.8 Å². The molecule has 6 heteroatoms. The van der Waals surface area contributed by atoms with Crippen LogP contribution in [0.3, 0.4) is 0 Å². The van der Waals surface area contributed by atoms with E-state index in [1.54, 1.807) is 0 Å². The molecule has 21 heavy (non-hydrogen) atoms. The molecule has 1 heterocycles. The molecule has 2 fully saturated rings. The number of hydrogen-bond acceptors (Lipinski definition) is 3. The lowest BCUT2D eigenvalue weighted by molar-refractivity contribution is -0.137. The monoisotopic (exact) mass is 287 g/mol. The van der Waals surface area contributed by atoms with Gasteiger partial charge in [0.2, 0.25) is 5.91 Å². The summed E-state index contributed by atoms with van der Waals surface area (Å²) in [7, 11) is 0. The van der Waals surface area contributed by atoms with E-state index in [9.17, 15) is 14.4 Å². The molecule has 1 saturated heterocycles. The number of hydrogen-bond donors (Lipinski definition) is 2. The lowest BCUT2D eigenvalue weighted by atomic mass is 9.77. The van der Waals surface area contributed by atoms with Crippen LogP contribution in [-0.2, 0) is 16.1 Å². The highest BCUT2D eigenvalue weighted by Crippen LogP contribution is 2.36. The largest absolute Gasteiger partial charge is 0.350 e. The standard InChI is InChI=1S/C15H17N3O3/c19-12(16-9-11-5-2-1-3-6-11)10-18-13(20)15(7-4-8-15)17-14(18)21/h1-3,5-6H,4,7-10H2,(H,16,19)(H,17,21). The van der Waals surface area contributed by atoms with Crippen molar-refractivity contribution in [3.8, 4) is 0 Å². The molecule has 1 aliphatic heterocycles. The highest BCUT2D eigenvalue weighted by Gasteiger charge is 2.54. The predicted molar refractivity (Wildman–Crippen MR) is 75.1 cm³/mol. The second-order valence-corrected chi connectivity index (χ2v) is 5.52. The van der Waals surface area contributed by atoms with Crippen LogP contribution in [0, 0.1) is 0 Å². The van der Waals surface area contributed by atoms with Crippen LogP contribution in [0.25, 0.3) is 0 Å². The molecule has 2 aliphatic rings. The maximum Gasteiger partial charge on any atom is 0.325 e. The van der Waals surface area contributed by atoms with E-state index >= 15 is 0 Å². The molecule has 6 nitrogen and oxygen atoms in total. The first-order chi connectivity index (χ1) is 10.1. The highest BCUT2D eigenvalue weighted by molar-refractivity contribution is 6.09. The maximum absolute atomic E-state index is 12.2. The molecule has 1 spiro atoms. The number of urea groups is 1. The van der Waals surface area contributed by atoms with E-state index in [-0.39, 0.29) is 18.4 Å². The number of carbonyl (C=O) groups excluding carboxylic acids is 3. The minimum atomic E-state index is -0.725. The fraction of sp³-hybridized carbons (Fsp3) is 0.400. The summed E-state index contributed by atoms with van der Waals surface area (Å²) in [6.07, 6.45) is 2.26. The molecule has 1 aromatic carbocycles. The van der Waals surface area contributed by atoms with Crippen LogP contribution in [0.2, 0.25) is 0 Å². The van der Waals surface area contributed by atoms with Gasteiger partial charge in [0.15, 0.2) is 0 Å². The van der Waals surface area contributed by atoms with Crippen LogP contribution < -0.4 is 10.6 Å². The van der Waals surface area contributed by atoms with E-state index in [1.807, 2.05) is 30.3 Å². The molecule has 3 rings (SSSR count). The smallest absolute Gasteiger partial charge is 0.325 e. The fourth-order valence-corrected chi connectivity index (χ4v) is 2.69. The zero-order valence-electron chi connectivity index (χ0n) is 11.6. The van der Waals surface area contributed by atoms with E-state index in [2.05, 4.69) is 10.6 Å². The normalized spacial score (nSPS) is 19.3. The number of amides is 4. The van der Waals surface area contributed by atoms with E-state index < -0.39 is 11.6 Å². The zero-order valence-corrected chi connectivity index (χ0v) is 11.6. The molecule has 110 valence electrons. The average molecular weight is 287 g/mol. The van der Waals surface area contributed by atoms with E-state index in [1.165, 1.54) is 0 Å². The topological polar surface area (TPSA) is 78.5 Å². The van der Waals surface area contributed by atoms with E-state index in [0.29, 0.717) is 19.4 Å². The summed E-state index contributed by atoms with van der Waals surface area (Å²) in [5, 5.41) is 5.42. The van der Waals surface area contributed by atoms with Crippen molar-refractivity contribution in [2.75, 3.05) is 6.54 Å². The predicted octanol–water partition coefficient (Wildman–Crippen LogP) is 0.777. The van der Waals surface area contributed by atoms with Crippen LogP contribution >= 0.6 is 0 Å². The Morgan fingerprint density at radius 1 is 1.24 bits per heavy atom. The molecular formula is C15H17N3O3. The zero-order chi connectivity index (χ0) is 14.9. The van der Waals surface area contributed by atoms with Gasteiger partial charge in [-0.2, -0.15) is 0 Å². The minimum absolute atomic E-state index is 0.223. The molecular weight excluding hydrogens is 270 g/mol. The summed E-state index contributed by atoms with van der Waals surface area (Å²) in [4.78, 5) is 36.9. The van der Waals surface area contributed by atoms with E-state index in [4.69, 9.17) is 0 Å². The van der Waals surface area contributed by atoms with Crippen LogP contribution in [0.4, 0.5) is 4.79 Å². The van der Waals surface area contributed by atoms with Gasteiger partial charge >= 0.3 is 6.03 Å². The molecule has 4 amide bonds. The second kappa shape index (κ2) is 5.20. The molecule has 0 aromatic heterocycles. The van der Waals surface area contributed by atoms with Crippen molar-refractivity contribution in [2.45, 2.75) is 31.3 Å². The summed E-state index contributed by atoms with van der Waals surface area (Å²) in [6.45, 7) is 0.160. The van der Waals surface area contributed by atoms with Gasteiger partial charge in [-0.05, 0) is 24.8 Å². The Bertz CT molecular complexity index is 581. The molecule has 1 aliphatic carbocycles. The number of nitrogens with one attached hydrogen (secondary N) is 2. The lowest BCUT2D eigenvalue weighted by Gasteiger charge is -2.34. The third-order valence-corrected chi connectivity index (χ3v) is 4.09. The minimum Gasteiger partial charge on any atom is -0.350 e. The highest BCUT2D eigenvalue weighted by atomic mass is 16.2. The van der Waals surface area contributed by atoms with E-state index in [0.717, 1.165) is 16.9 Å². The Kier molecular flexibility index (Phi) is 3.37. The quantitative estimate of drug-likeness (QED) is 0.803. The Balaban J connectivity index is 1.55. The van der Waals surface area contributed by atoms with Crippen molar-refractivity contribution in [2.24, 2.45) is 0 Å². The molecule has 2 N–H and O–H groups in total. The van der Waals surface area contributed by atoms with Crippen LogP contribution in [-0.4, -0.2) is 34.8 Å². The van der Waals surface area contributed by atoms with Crippen molar-refractivity contribution >= 4 is 17.8 Å². The van der Waals surface area contributed by atoms with Gasteiger partial charge in [-0.3, -0.25) is 14.5 Å². The SMILES string of the molecule is O=C(CN1C(=O)NC2(CCC2)C1=O)NCc1ccccc1. The number of nitrogens with zero attached hydrogens (tertiary/aromatic N) is 1. The van der Waals surface area contributed by atoms with Crippen LogP contribution in [0.15, 0.2) is 30.3 Å². The Labute approximate surface area is 122 Å². The van der Waals surface area contributed by atoms with Crippen molar-refractivity contribution in [3.05, 3.63) is 35.9 Å². The molecule has 0 radical (unpaired) electrons. The number of carbonyl (C=O) groups is 3. The Morgan fingerprint density at radius 3 is 2.52 bits per heavy atom. The first-order valence-electron chi connectivity index (χ1n) is 7.05. The Hall–Kier alpha value is -2.37. The number of benzene rings is 1. The molecule has 0 unspecified atom stereocenters. The fourth-order valence-electron chi connectivity index (χ4n) is 2.69. The van der Waals surface area contributed by atoms with Gasteiger partial charge in [-0.25, -0.2) is 4.79 Å². The average Bonchev–Trinajstić information content (AvgIpc) is 2.71. The van der Waals surface area contributed by atoms with Crippen molar-refractivity contribution in [1.29, 1.82) is 0 Å². The lowest BCUT2D eigenvalue weighted by Crippen LogP contribution is -2.53. The van der Waals surface area contributed by atoms with Gasteiger partial charge in [0.05, 0.1) is 0 Å². The molecule has 0 bridgehead atoms. The number of rotatable bonds is 4. The Morgan fingerprint density at radius 2 is 1.95 bits per heavy atom. The van der Waals surface area contributed by atoms with Gasteiger partial charge in [-0.1, -0.05) is 30.3 Å². The summed E-state index contributed by atoms with van der Waals surface area (Å²) >= 11 is 0. The van der Waals surface area contributed by atoms with Gasteiger partial charge in [0.25, 0.3) is 5.91 Å². The second-order valence-electron chi connectivity index (χ2n) is 5.52. The van der Waals surface area contributed by atoms with Gasteiger partial charge in [-0.15, -0.1) is 0 Å².